The van der Waals surface area contributed by atoms with Crippen molar-refractivity contribution in [3.05, 3.63) is 29.6 Å². The molecule has 1 unspecified atom stereocenters. The quantitative estimate of drug-likeness (QED) is 0.696. The number of carbonyl (C=O) groups is 3. The van der Waals surface area contributed by atoms with E-state index in [-0.39, 0.29) is 17.2 Å². The van der Waals surface area contributed by atoms with Crippen molar-refractivity contribution in [2.75, 3.05) is 6.54 Å². The van der Waals surface area contributed by atoms with Crippen LogP contribution in [0.5, 0.6) is 0 Å². The van der Waals surface area contributed by atoms with Crippen molar-refractivity contribution < 1.29 is 19.5 Å². The van der Waals surface area contributed by atoms with Gasteiger partial charge in [-0.2, -0.15) is 0 Å². The van der Waals surface area contributed by atoms with Crippen LogP contribution in [0.4, 0.5) is 0 Å². The summed E-state index contributed by atoms with van der Waals surface area (Å²) >= 11 is 0. The van der Waals surface area contributed by atoms with E-state index < -0.39 is 17.9 Å². The van der Waals surface area contributed by atoms with Gasteiger partial charge in [0.25, 0.3) is 5.91 Å². The van der Waals surface area contributed by atoms with Crippen LogP contribution in [-0.4, -0.2) is 40.5 Å². The second kappa shape index (κ2) is 6.48. The van der Waals surface area contributed by atoms with Crippen LogP contribution in [0.1, 0.15) is 34.7 Å². The highest BCUT2D eigenvalue weighted by atomic mass is 16.4. The summed E-state index contributed by atoms with van der Waals surface area (Å²) in [4.78, 5) is 38.0. The molecule has 102 valence electrons. The Balaban J connectivity index is 2.84. The predicted molar refractivity (Wildman–Crippen MR) is 66.8 cm³/mol. The lowest BCUT2D eigenvalue weighted by molar-refractivity contribution is -0.122. The molecule has 7 heteroatoms. The van der Waals surface area contributed by atoms with Gasteiger partial charge in [0.2, 0.25) is 5.91 Å². The lowest BCUT2D eigenvalue weighted by atomic mass is 10.1. The Hall–Kier alpha value is -2.44. The van der Waals surface area contributed by atoms with Gasteiger partial charge in [-0.25, -0.2) is 4.79 Å². The molecule has 2 amide bonds. The van der Waals surface area contributed by atoms with Crippen molar-refractivity contribution in [3.63, 3.8) is 0 Å². The Kier molecular flexibility index (Phi) is 4.99. The van der Waals surface area contributed by atoms with Crippen LogP contribution in [0, 0.1) is 0 Å². The Labute approximate surface area is 110 Å². The second-order valence-electron chi connectivity index (χ2n) is 3.79. The van der Waals surface area contributed by atoms with Crippen molar-refractivity contribution in [1.29, 1.82) is 0 Å². The number of aromatic nitrogens is 1. The molecule has 0 bridgehead atoms. The van der Waals surface area contributed by atoms with E-state index in [0.717, 1.165) is 0 Å². The number of rotatable bonds is 5. The number of hydrogen-bond acceptors (Lipinski definition) is 4. The summed E-state index contributed by atoms with van der Waals surface area (Å²) in [6.45, 7) is 3.71. The van der Waals surface area contributed by atoms with E-state index in [1.165, 1.54) is 25.3 Å². The lowest BCUT2D eigenvalue weighted by Gasteiger charge is -2.13. The molecule has 3 N–H and O–H groups in total. The maximum Gasteiger partial charge on any atom is 0.338 e. The van der Waals surface area contributed by atoms with Gasteiger partial charge in [-0.15, -0.1) is 0 Å². The van der Waals surface area contributed by atoms with Crippen LogP contribution in [-0.2, 0) is 4.79 Å². The molecule has 0 aromatic carbocycles. The number of carboxylic acid groups (broad SMARTS) is 1. The Morgan fingerprint density at radius 3 is 2.68 bits per heavy atom. The van der Waals surface area contributed by atoms with Gasteiger partial charge in [0, 0.05) is 12.7 Å². The SMILES string of the molecule is CCNC(=O)C(C)NC(=O)c1ncccc1C(=O)O. The molecule has 0 saturated carbocycles. The average molecular weight is 265 g/mol. The highest BCUT2D eigenvalue weighted by Gasteiger charge is 2.21. The van der Waals surface area contributed by atoms with Crippen LogP contribution < -0.4 is 10.6 Å². The van der Waals surface area contributed by atoms with Gasteiger partial charge < -0.3 is 15.7 Å². The van der Waals surface area contributed by atoms with E-state index in [1.807, 2.05) is 0 Å². The van der Waals surface area contributed by atoms with Gasteiger partial charge >= 0.3 is 5.97 Å². The summed E-state index contributed by atoms with van der Waals surface area (Å²) < 4.78 is 0. The number of amides is 2. The van der Waals surface area contributed by atoms with Crippen molar-refractivity contribution in [1.82, 2.24) is 15.6 Å². The molecule has 0 aliphatic heterocycles. The molecule has 19 heavy (non-hydrogen) atoms. The molecule has 1 aromatic rings. The summed E-state index contributed by atoms with van der Waals surface area (Å²) in [7, 11) is 0. The second-order valence-corrected chi connectivity index (χ2v) is 3.79. The normalized spacial score (nSPS) is 11.5. The topological polar surface area (TPSA) is 108 Å². The number of pyridine rings is 1. The Bertz CT molecular complexity index is 502. The number of nitrogens with zero attached hydrogens (tertiary/aromatic N) is 1. The van der Waals surface area contributed by atoms with Crippen LogP contribution >= 0.6 is 0 Å². The Morgan fingerprint density at radius 2 is 2.11 bits per heavy atom. The molecule has 0 radical (unpaired) electrons. The number of nitrogens with one attached hydrogen (secondary N) is 2. The summed E-state index contributed by atoms with van der Waals surface area (Å²) in [6, 6.07) is 1.94. The number of carbonyl (C=O) groups excluding carboxylic acids is 2. The Morgan fingerprint density at radius 1 is 1.42 bits per heavy atom. The molecule has 1 rings (SSSR count). The first-order valence-corrected chi connectivity index (χ1v) is 5.74. The highest BCUT2D eigenvalue weighted by molar-refractivity contribution is 6.04. The third-order valence-electron chi connectivity index (χ3n) is 2.35. The first-order valence-electron chi connectivity index (χ1n) is 5.74. The molecule has 0 spiro atoms. The fraction of sp³-hybridized carbons (Fsp3) is 0.333. The van der Waals surface area contributed by atoms with Gasteiger partial charge in [0.1, 0.15) is 11.7 Å². The van der Waals surface area contributed by atoms with Crippen LogP contribution in [0.3, 0.4) is 0 Å². The summed E-state index contributed by atoms with van der Waals surface area (Å²) in [5.74, 6) is -2.29. The van der Waals surface area contributed by atoms with Crippen molar-refractivity contribution in [2.45, 2.75) is 19.9 Å². The van der Waals surface area contributed by atoms with Gasteiger partial charge in [-0.1, -0.05) is 0 Å². The van der Waals surface area contributed by atoms with Gasteiger partial charge in [-0.3, -0.25) is 14.6 Å². The largest absolute Gasteiger partial charge is 0.478 e. The van der Waals surface area contributed by atoms with Crippen molar-refractivity contribution in [2.24, 2.45) is 0 Å². The summed E-state index contributed by atoms with van der Waals surface area (Å²) in [5, 5.41) is 13.9. The zero-order valence-corrected chi connectivity index (χ0v) is 10.6. The molecular formula is C12H15N3O4. The smallest absolute Gasteiger partial charge is 0.338 e. The molecule has 1 atom stereocenters. The first-order chi connectivity index (χ1) is 8.97. The van der Waals surface area contributed by atoms with Crippen molar-refractivity contribution >= 4 is 17.8 Å². The van der Waals surface area contributed by atoms with Gasteiger partial charge in [0.15, 0.2) is 0 Å². The number of hydrogen-bond donors (Lipinski definition) is 3. The van der Waals surface area contributed by atoms with Gasteiger partial charge in [0.05, 0.1) is 5.56 Å². The molecule has 0 aliphatic carbocycles. The van der Waals surface area contributed by atoms with E-state index in [2.05, 4.69) is 15.6 Å². The number of likely N-dealkylation sites (N-methyl/N-ethyl adjacent to an activating group) is 1. The maximum absolute atomic E-state index is 11.9. The standard InChI is InChI=1S/C12H15N3O4/c1-3-13-10(16)7(2)15-11(17)9-8(12(18)19)5-4-6-14-9/h4-7H,3H2,1-2H3,(H,13,16)(H,15,17)(H,18,19). The lowest BCUT2D eigenvalue weighted by Crippen LogP contribution is -2.45. The third-order valence-corrected chi connectivity index (χ3v) is 2.35. The van der Waals surface area contributed by atoms with E-state index in [9.17, 15) is 14.4 Å². The zero-order valence-electron chi connectivity index (χ0n) is 10.6. The van der Waals surface area contributed by atoms with Crippen LogP contribution in [0.25, 0.3) is 0 Å². The van der Waals surface area contributed by atoms with E-state index in [4.69, 9.17) is 5.11 Å². The van der Waals surface area contributed by atoms with E-state index in [1.54, 1.807) is 6.92 Å². The van der Waals surface area contributed by atoms with Crippen LogP contribution in [0.2, 0.25) is 0 Å². The average Bonchev–Trinajstić information content (AvgIpc) is 2.38. The third kappa shape index (κ3) is 3.77. The molecular weight excluding hydrogens is 250 g/mol. The van der Waals surface area contributed by atoms with Crippen LogP contribution in [0.15, 0.2) is 18.3 Å². The highest BCUT2D eigenvalue weighted by Crippen LogP contribution is 2.05. The maximum atomic E-state index is 11.9. The minimum absolute atomic E-state index is 0.205. The minimum atomic E-state index is -1.25. The minimum Gasteiger partial charge on any atom is -0.478 e. The van der Waals surface area contributed by atoms with E-state index in [0.29, 0.717) is 6.54 Å². The summed E-state index contributed by atoms with van der Waals surface area (Å²) in [5.41, 5.74) is -0.422. The number of aromatic carboxylic acids is 1. The molecule has 1 aromatic heterocycles. The molecule has 0 aliphatic rings. The summed E-state index contributed by atoms with van der Waals surface area (Å²) in [6.07, 6.45) is 1.32. The molecule has 0 fully saturated rings. The monoisotopic (exact) mass is 265 g/mol. The zero-order chi connectivity index (χ0) is 14.4. The van der Waals surface area contributed by atoms with Crippen molar-refractivity contribution in [3.8, 4) is 0 Å². The van der Waals surface area contributed by atoms with Gasteiger partial charge in [-0.05, 0) is 26.0 Å². The fourth-order valence-corrected chi connectivity index (χ4v) is 1.42. The molecule has 7 nitrogen and oxygen atoms in total. The molecule has 1 heterocycles. The fourth-order valence-electron chi connectivity index (χ4n) is 1.42. The number of carboxylic acids is 1. The molecule has 0 saturated heterocycles. The first kappa shape index (κ1) is 14.6. The van der Waals surface area contributed by atoms with E-state index >= 15 is 0 Å². The predicted octanol–water partition coefficient (Wildman–Crippen LogP) is 0.0342.